The minimum atomic E-state index is -0.0770. The molecular weight excluding hydrogens is 153 g/mol. The van der Waals surface area contributed by atoms with E-state index in [2.05, 4.69) is 11.8 Å². The van der Waals surface area contributed by atoms with E-state index in [-0.39, 0.29) is 5.82 Å². The molecule has 0 fully saturated rings. The average molecular weight is 165 g/mol. The molecular formula is C10H12FN. The molecule has 0 N–H and O–H groups in total. The van der Waals surface area contributed by atoms with Crippen molar-refractivity contribution in [1.82, 2.24) is 0 Å². The molecule has 0 saturated heterocycles. The first kappa shape index (κ1) is 7.59. The molecule has 0 amide bonds. The lowest BCUT2D eigenvalue weighted by Crippen LogP contribution is -2.20. The summed E-state index contributed by atoms with van der Waals surface area (Å²) in [7, 11) is 0. The van der Waals surface area contributed by atoms with E-state index in [1.165, 1.54) is 6.07 Å². The zero-order valence-electron chi connectivity index (χ0n) is 7.18. The van der Waals surface area contributed by atoms with Crippen LogP contribution in [0.3, 0.4) is 0 Å². The lowest BCUT2D eigenvalue weighted by molar-refractivity contribution is 0.624. The van der Waals surface area contributed by atoms with Gasteiger partial charge in [-0.3, -0.25) is 0 Å². The molecule has 1 nitrogen and oxygen atoms in total. The van der Waals surface area contributed by atoms with Crippen molar-refractivity contribution in [3.8, 4) is 0 Å². The van der Waals surface area contributed by atoms with Crippen LogP contribution in [-0.4, -0.2) is 13.1 Å². The zero-order valence-corrected chi connectivity index (χ0v) is 7.18. The molecule has 64 valence electrons. The summed E-state index contributed by atoms with van der Waals surface area (Å²) in [6, 6.07) is 5.33. The second kappa shape index (κ2) is 2.77. The molecule has 0 atom stereocenters. The number of hydrogen-bond acceptors (Lipinski definition) is 1. The molecule has 2 rings (SSSR count). The fraction of sp³-hybridized carbons (Fsp3) is 0.400. The summed E-state index contributed by atoms with van der Waals surface area (Å²) >= 11 is 0. The van der Waals surface area contributed by atoms with Crippen molar-refractivity contribution in [2.45, 2.75) is 13.3 Å². The van der Waals surface area contributed by atoms with Crippen molar-refractivity contribution in [3.63, 3.8) is 0 Å². The maximum atomic E-state index is 13.3. The highest BCUT2D eigenvalue weighted by Crippen LogP contribution is 2.29. The van der Waals surface area contributed by atoms with Gasteiger partial charge in [-0.2, -0.15) is 0 Å². The minimum Gasteiger partial charge on any atom is -0.369 e. The van der Waals surface area contributed by atoms with Crippen LogP contribution in [0.4, 0.5) is 10.1 Å². The maximum absolute atomic E-state index is 13.3. The second-order valence-corrected chi connectivity index (χ2v) is 3.08. The topological polar surface area (TPSA) is 3.24 Å². The maximum Gasteiger partial charge on any atom is 0.146 e. The quantitative estimate of drug-likeness (QED) is 0.616. The Bertz CT molecular complexity index is 296. The molecule has 1 heterocycles. The summed E-state index contributed by atoms with van der Waals surface area (Å²) in [6.45, 7) is 3.92. The van der Waals surface area contributed by atoms with E-state index >= 15 is 0 Å². The molecule has 1 aromatic rings. The van der Waals surface area contributed by atoms with E-state index in [4.69, 9.17) is 0 Å². The van der Waals surface area contributed by atoms with Gasteiger partial charge in [0.25, 0.3) is 0 Å². The number of nitrogens with zero attached hydrogens (tertiary/aromatic N) is 1. The molecule has 0 aromatic heterocycles. The van der Waals surface area contributed by atoms with E-state index in [9.17, 15) is 4.39 Å². The number of fused-ring (bicyclic) bond motifs is 1. The first-order valence-corrected chi connectivity index (χ1v) is 4.35. The summed E-state index contributed by atoms with van der Waals surface area (Å²) in [5.74, 6) is -0.0770. The number of rotatable bonds is 1. The lowest BCUT2D eigenvalue weighted by Gasteiger charge is -2.16. The van der Waals surface area contributed by atoms with Gasteiger partial charge in [0, 0.05) is 13.1 Å². The van der Waals surface area contributed by atoms with Crippen LogP contribution >= 0.6 is 0 Å². The van der Waals surface area contributed by atoms with Gasteiger partial charge in [-0.1, -0.05) is 12.1 Å². The van der Waals surface area contributed by atoms with Gasteiger partial charge in [-0.15, -0.1) is 0 Å². The number of halogens is 1. The monoisotopic (exact) mass is 165 g/mol. The standard InChI is InChI=1S/C10H12FN/c1-2-12-7-6-8-4-3-5-9(11)10(8)12/h3-5H,2,6-7H2,1H3. The fourth-order valence-electron chi connectivity index (χ4n) is 1.80. The average Bonchev–Trinajstić information content (AvgIpc) is 2.49. The van der Waals surface area contributed by atoms with Gasteiger partial charge in [0.05, 0.1) is 5.69 Å². The van der Waals surface area contributed by atoms with Crippen LogP contribution in [0.1, 0.15) is 12.5 Å². The first-order chi connectivity index (χ1) is 5.83. The molecule has 12 heavy (non-hydrogen) atoms. The molecule has 1 aliphatic heterocycles. The van der Waals surface area contributed by atoms with E-state index in [0.29, 0.717) is 0 Å². The predicted molar refractivity (Wildman–Crippen MR) is 48.0 cm³/mol. The summed E-state index contributed by atoms with van der Waals surface area (Å²) in [6.07, 6.45) is 0.987. The molecule has 2 heteroatoms. The Balaban J connectivity index is 2.48. The van der Waals surface area contributed by atoms with Crippen LogP contribution in [-0.2, 0) is 6.42 Å². The van der Waals surface area contributed by atoms with Gasteiger partial charge < -0.3 is 4.90 Å². The summed E-state index contributed by atoms with van der Waals surface area (Å²) in [4.78, 5) is 2.09. The largest absolute Gasteiger partial charge is 0.369 e. The zero-order chi connectivity index (χ0) is 8.55. The molecule has 0 spiro atoms. The molecule has 0 saturated carbocycles. The van der Waals surface area contributed by atoms with Crippen LogP contribution in [0, 0.1) is 5.82 Å². The van der Waals surface area contributed by atoms with Crippen molar-refractivity contribution in [1.29, 1.82) is 0 Å². The van der Waals surface area contributed by atoms with Gasteiger partial charge in [-0.25, -0.2) is 4.39 Å². The lowest BCUT2D eigenvalue weighted by atomic mass is 10.1. The number of benzene rings is 1. The van der Waals surface area contributed by atoms with Crippen molar-refractivity contribution < 1.29 is 4.39 Å². The molecule has 1 aromatic carbocycles. The van der Waals surface area contributed by atoms with E-state index in [1.54, 1.807) is 6.07 Å². The second-order valence-electron chi connectivity index (χ2n) is 3.08. The third kappa shape index (κ3) is 0.986. The van der Waals surface area contributed by atoms with Crippen LogP contribution < -0.4 is 4.90 Å². The highest BCUT2D eigenvalue weighted by Gasteiger charge is 2.20. The SMILES string of the molecule is CCN1CCc2cccc(F)c21. The van der Waals surface area contributed by atoms with E-state index in [1.807, 2.05) is 6.07 Å². The van der Waals surface area contributed by atoms with Crippen LogP contribution in [0.15, 0.2) is 18.2 Å². The van der Waals surface area contributed by atoms with Gasteiger partial charge in [0.1, 0.15) is 5.82 Å². The number of anilines is 1. The summed E-state index contributed by atoms with van der Waals surface area (Å²) in [5.41, 5.74) is 1.97. The highest BCUT2D eigenvalue weighted by atomic mass is 19.1. The van der Waals surface area contributed by atoms with E-state index in [0.717, 1.165) is 30.8 Å². The fourth-order valence-corrected chi connectivity index (χ4v) is 1.80. The highest BCUT2D eigenvalue weighted by molar-refractivity contribution is 5.58. The molecule has 0 bridgehead atoms. The van der Waals surface area contributed by atoms with Crippen LogP contribution in [0.2, 0.25) is 0 Å². The van der Waals surface area contributed by atoms with Gasteiger partial charge in [0.2, 0.25) is 0 Å². The first-order valence-electron chi connectivity index (χ1n) is 4.35. The smallest absolute Gasteiger partial charge is 0.146 e. The Morgan fingerprint density at radius 1 is 1.50 bits per heavy atom. The Labute approximate surface area is 71.8 Å². The third-order valence-electron chi connectivity index (χ3n) is 2.42. The van der Waals surface area contributed by atoms with Crippen molar-refractivity contribution >= 4 is 5.69 Å². The van der Waals surface area contributed by atoms with Gasteiger partial charge >= 0.3 is 0 Å². The van der Waals surface area contributed by atoms with E-state index < -0.39 is 0 Å². The predicted octanol–water partition coefficient (Wildman–Crippen LogP) is 2.21. The molecule has 0 radical (unpaired) electrons. The number of para-hydroxylation sites is 1. The normalized spacial score (nSPS) is 15.0. The Morgan fingerprint density at radius 2 is 2.33 bits per heavy atom. The summed E-state index contributed by atoms with van der Waals surface area (Å²) in [5, 5.41) is 0. The third-order valence-corrected chi connectivity index (χ3v) is 2.42. The van der Waals surface area contributed by atoms with Crippen LogP contribution in [0.25, 0.3) is 0 Å². The summed E-state index contributed by atoms with van der Waals surface area (Å²) < 4.78 is 13.3. The van der Waals surface area contributed by atoms with Crippen LogP contribution in [0.5, 0.6) is 0 Å². The number of likely N-dealkylation sites (N-methyl/N-ethyl adjacent to an activating group) is 1. The van der Waals surface area contributed by atoms with Crippen molar-refractivity contribution in [3.05, 3.63) is 29.6 Å². The Hall–Kier alpha value is -1.05. The molecule has 0 aliphatic carbocycles. The van der Waals surface area contributed by atoms with Gasteiger partial charge in [0.15, 0.2) is 0 Å². The Morgan fingerprint density at radius 3 is 3.08 bits per heavy atom. The minimum absolute atomic E-state index is 0.0770. The Kier molecular flexibility index (Phi) is 1.75. The molecule has 1 aliphatic rings. The number of hydrogen-bond donors (Lipinski definition) is 0. The van der Waals surface area contributed by atoms with Gasteiger partial charge in [-0.05, 0) is 25.0 Å². The van der Waals surface area contributed by atoms with Crippen molar-refractivity contribution in [2.75, 3.05) is 18.0 Å². The van der Waals surface area contributed by atoms with Crippen molar-refractivity contribution in [2.24, 2.45) is 0 Å². The molecule has 0 unspecified atom stereocenters.